The Morgan fingerprint density at radius 2 is 1.72 bits per heavy atom. The Morgan fingerprint density at radius 1 is 0.972 bits per heavy atom. The average molecular weight is 971 g/mol. The molecule has 0 amide bonds. The highest BCUT2D eigenvalue weighted by Gasteiger charge is 2.75. The lowest BCUT2D eigenvalue weighted by molar-refractivity contribution is -0.236. The number of hydrogen-bond acceptors (Lipinski definition) is 8. The molecule has 0 spiro atoms. The van der Waals surface area contributed by atoms with Gasteiger partial charge in [0.1, 0.15) is 11.9 Å². The van der Waals surface area contributed by atoms with Crippen LogP contribution in [0.4, 0.5) is 0 Å². The number of nitrogens with one attached hydrogen (secondary N) is 1. The van der Waals surface area contributed by atoms with E-state index in [0.29, 0.717) is 51.0 Å². The molecule has 10 heteroatoms. The van der Waals surface area contributed by atoms with Crippen LogP contribution >= 0.6 is 0 Å². The van der Waals surface area contributed by atoms with E-state index in [1.165, 1.54) is 22.3 Å². The van der Waals surface area contributed by atoms with Crippen molar-refractivity contribution in [2.75, 3.05) is 13.2 Å². The van der Waals surface area contributed by atoms with Gasteiger partial charge in [-0.3, -0.25) is 9.59 Å². The first kappa shape index (κ1) is 49.6. The molecule has 3 aliphatic heterocycles. The second kappa shape index (κ2) is 17.5. The molecule has 11 rings (SSSR count). The Kier molecular flexibility index (Phi) is 12.2. The van der Waals surface area contributed by atoms with E-state index < -0.39 is 57.6 Å². The number of aliphatic hydroxyl groups excluding tert-OH is 4. The molecule has 6 fully saturated rings. The molecule has 2 aromatic heterocycles. The van der Waals surface area contributed by atoms with Crippen molar-refractivity contribution in [2.24, 2.45) is 63.1 Å². The van der Waals surface area contributed by atoms with Crippen molar-refractivity contribution in [3.05, 3.63) is 69.6 Å². The van der Waals surface area contributed by atoms with Crippen LogP contribution in [0.2, 0.25) is 0 Å². The predicted molar refractivity (Wildman–Crippen MR) is 274 cm³/mol. The van der Waals surface area contributed by atoms with E-state index >= 15 is 9.59 Å². The zero-order valence-corrected chi connectivity index (χ0v) is 44.1. The topological polar surface area (TPSA) is 158 Å². The molecular weight excluding hydrogens is 889 g/mol. The number of hydrogen-bond donors (Lipinski definition) is 5. The number of rotatable bonds is 11. The van der Waals surface area contributed by atoms with Crippen LogP contribution in [0.25, 0.3) is 11.0 Å². The van der Waals surface area contributed by atoms with Gasteiger partial charge in [0.05, 0.1) is 41.1 Å². The molecule has 2 bridgehead atoms. The van der Waals surface area contributed by atoms with Gasteiger partial charge < -0.3 is 39.5 Å². The highest BCUT2D eigenvalue weighted by Crippen LogP contribution is 2.77. The van der Waals surface area contributed by atoms with Crippen molar-refractivity contribution < 1.29 is 39.5 Å². The highest BCUT2D eigenvalue weighted by molar-refractivity contribution is 6.01. The third-order valence-electron chi connectivity index (χ3n) is 21.8. The van der Waals surface area contributed by atoms with Crippen LogP contribution in [-0.2, 0) is 38.4 Å². The second-order valence-corrected chi connectivity index (χ2v) is 26.0. The van der Waals surface area contributed by atoms with Crippen LogP contribution in [0, 0.1) is 81.8 Å². The van der Waals surface area contributed by atoms with Gasteiger partial charge in [0.2, 0.25) is 0 Å². The maximum absolute atomic E-state index is 15.4. The second-order valence-electron chi connectivity index (χ2n) is 26.0. The summed E-state index contributed by atoms with van der Waals surface area (Å²) in [6.45, 7) is 21.4. The first-order valence-electron chi connectivity index (χ1n) is 27.7. The van der Waals surface area contributed by atoms with Crippen LogP contribution in [0.1, 0.15) is 160 Å². The summed E-state index contributed by atoms with van der Waals surface area (Å²) in [7, 11) is 0. The van der Waals surface area contributed by atoms with Gasteiger partial charge in [0.15, 0.2) is 5.78 Å². The molecule has 16 atom stereocenters. The fraction of sp³-hybridized carbons (Fsp3) is 0.705. The van der Waals surface area contributed by atoms with Crippen LogP contribution in [0.5, 0.6) is 0 Å². The van der Waals surface area contributed by atoms with Crippen LogP contribution in [-0.4, -0.2) is 90.9 Å². The van der Waals surface area contributed by atoms with E-state index in [1.54, 1.807) is 6.92 Å². The Bertz CT molecular complexity index is 2710. The van der Waals surface area contributed by atoms with Crippen LogP contribution in [0.3, 0.4) is 0 Å². The van der Waals surface area contributed by atoms with Crippen molar-refractivity contribution in [2.45, 2.75) is 194 Å². The van der Waals surface area contributed by atoms with Crippen LogP contribution in [0.15, 0.2) is 41.6 Å². The number of epoxide rings is 1. The van der Waals surface area contributed by atoms with E-state index in [-0.39, 0.29) is 53.2 Å². The number of ether oxygens (including phenoxy) is 2. The minimum atomic E-state index is -0.844. The van der Waals surface area contributed by atoms with E-state index in [0.717, 1.165) is 86.0 Å². The standard InChI is InChI=1S/C61H82N2O8/c1-33-23-37(26-39(24-33)38-17-21-70-22-18-38)28-42-44-12-10-11-40-30-50(68)60(8,41-14-13-36(27-41)29-46(65)35(3)64)49-15-19-58(6)55(61(40,49)9)54(69)43(32-63(44)45-16-20-62-53(42)45)52-51(48(67)31-59(52,58)7)34(2)25-47(66)56-57(4,5)71-56/h16,20,23-24,26,34-36,38,40-41,43,46-47,49,54-56,62,64-66,69H,12-15,17-19,21-22,25,27-32H2,1-9H3. The minimum absolute atomic E-state index is 0.0473. The lowest BCUT2D eigenvalue weighted by atomic mass is 9.32. The summed E-state index contributed by atoms with van der Waals surface area (Å²) in [6.07, 6.45) is 7.64. The molecule has 0 radical (unpaired) electrons. The van der Waals surface area contributed by atoms with Crippen LogP contribution < -0.4 is 0 Å². The summed E-state index contributed by atoms with van der Waals surface area (Å²) in [5.74, 6) is 7.60. The quantitative estimate of drug-likeness (QED) is 0.0941. The third kappa shape index (κ3) is 7.61. The number of aromatic nitrogens is 2. The summed E-state index contributed by atoms with van der Waals surface area (Å²) in [4.78, 5) is 34.2. The van der Waals surface area contributed by atoms with Gasteiger partial charge in [-0.1, -0.05) is 76.6 Å². The van der Waals surface area contributed by atoms with Crippen molar-refractivity contribution in [3.8, 4) is 11.8 Å². The molecule has 384 valence electrons. The number of aromatic amines is 1. The molecule has 1 aromatic carbocycles. The SMILES string of the molecule is Cc1cc(Cc2c3n(c4cc[nH]c24)CC2C4=C(C(C)CC(O)C5OC5(C)C)C(=O)CC4(C)C4(C)CCC5C(C)(C6CCC(CC(O)C(C)O)C6)C(=O)CC(C#CC3)C5(C)C4C2O)cc(C2CCOCC2)c1. The van der Waals surface area contributed by atoms with Crippen molar-refractivity contribution >= 4 is 22.6 Å². The van der Waals surface area contributed by atoms with Crippen molar-refractivity contribution in [1.29, 1.82) is 0 Å². The predicted octanol–water partition coefficient (Wildman–Crippen LogP) is 9.34. The molecule has 71 heavy (non-hydrogen) atoms. The number of nitrogens with zero attached hydrogens (tertiary/aromatic N) is 1. The van der Waals surface area contributed by atoms with Gasteiger partial charge in [-0.2, -0.15) is 0 Å². The minimum Gasteiger partial charge on any atom is -0.392 e. The lowest BCUT2D eigenvalue weighted by Crippen LogP contribution is -2.70. The molecule has 10 nitrogen and oxygen atoms in total. The maximum atomic E-state index is 15.4. The molecular formula is C61H82N2O8. The van der Waals surface area contributed by atoms with Gasteiger partial charge in [-0.25, -0.2) is 0 Å². The number of ketones is 2. The summed E-state index contributed by atoms with van der Waals surface area (Å²) in [5, 5.41) is 46.7. The zero-order valence-electron chi connectivity index (χ0n) is 44.1. The first-order valence-corrected chi connectivity index (χ1v) is 27.7. The number of carbonyl (C=O) groups excluding carboxylic acids is 2. The zero-order chi connectivity index (χ0) is 50.3. The van der Waals surface area contributed by atoms with E-state index in [4.69, 9.17) is 9.47 Å². The number of carbonyl (C=O) groups is 2. The summed E-state index contributed by atoms with van der Waals surface area (Å²) >= 11 is 0. The molecule has 5 aliphatic carbocycles. The summed E-state index contributed by atoms with van der Waals surface area (Å²) in [5.41, 5.74) is 7.50. The monoisotopic (exact) mass is 971 g/mol. The van der Waals surface area contributed by atoms with Crippen molar-refractivity contribution in [1.82, 2.24) is 9.55 Å². The molecule has 8 aliphatic rings. The smallest absolute Gasteiger partial charge is 0.160 e. The molecule has 16 unspecified atom stereocenters. The Balaban J connectivity index is 1.07. The molecule has 4 saturated carbocycles. The molecule has 5 heterocycles. The number of aliphatic hydroxyl groups is 4. The number of fused-ring (bicyclic) bond motifs is 7. The van der Waals surface area contributed by atoms with E-state index in [1.807, 2.05) is 20.0 Å². The van der Waals surface area contributed by atoms with Gasteiger partial charge in [0, 0.05) is 85.6 Å². The number of aryl methyl sites for hydroxylation is 1. The van der Waals surface area contributed by atoms with E-state index in [2.05, 4.69) is 87.2 Å². The number of H-pyrrole nitrogens is 1. The molecule has 2 saturated heterocycles. The largest absolute Gasteiger partial charge is 0.392 e. The fourth-order valence-electron chi connectivity index (χ4n) is 18.0. The summed E-state index contributed by atoms with van der Waals surface area (Å²) < 4.78 is 14.1. The Morgan fingerprint density at radius 3 is 2.44 bits per heavy atom. The van der Waals surface area contributed by atoms with Gasteiger partial charge in [-0.15, -0.1) is 0 Å². The lowest BCUT2D eigenvalue weighted by Gasteiger charge is -2.71. The van der Waals surface area contributed by atoms with Crippen molar-refractivity contribution in [3.63, 3.8) is 0 Å². The van der Waals surface area contributed by atoms with Gasteiger partial charge >= 0.3 is 0 Å². The third-order valence-corrected chi connectivity index (χ3v) is 21.8. The molecule has 3 aromatic rings. The summed E-state index contributed by atoms with van der Waals surface area (Å²) in [6, 6.07) is 9.23. The first-order chi connectivity index (χ1) is 33.6. The average Bonchev–Trinajstić information content (AvgIpc) is 3.80. The Labute approximate surface area is 422 Å². The fourth-order valence-corrected chi connectivity index (χ4v) is 18.0. The number of benzene rings is 1. The Hall–Kier alpha value is -3.56. The highest BCUT2D eigenvalue weighted by atomic mass is 16.6. The van der Waals surface area contributed by atoms with Gasteiger partial charge in [0.25, 0.3) is 0 Å². The molecule has 5 N–H and O–H groups in total. The van der Waals surface area contributed by atoms with Gasteiger partial charge in [-0.05, 0) is 154 Å². The maximum Gasteiger partial charge on any atom is 0.160 e. The number of Topliss-reactive ketones (excluding diaryl/α,β-unsaturated/α-hetero) is 2. The normalized spacial score (nSPS) is 39.3. The van der Waals surface area contributed by atoms with E-state index in [9.17, 15) is 20.4 Å². The number of allylic oxidation sites excluding steroid dienone is 1.